The number of benzene rings is 3. The van der Waals surface area contributed by atoms with Crippen molar-refractivity contribution in [3.8, 4) is 28.3 Å². The number of halogens is 4. The molecule has 0 radical (unpaired) electrons. The Morgan fingerprint density at radius 2 is 1.53 bits per heavy atom. The molecule has 4 aromatic rings. The van der Waals surface area contributed by atoms with E-state index in [-0.39, 0.29) is 17.3 Å². The van der Waals surface area contributed by atoms with Gasteiger partial charge in [0.25, 0.3) is 0 Å². The van der Waals surface area contributed by atoms with Crippen LogP contribution in [0.25, 0.3) is 16.8 Å². The van der Waals surface area contributed by atoms with Gasteiger partial charge in [-0.15, -0.1) is 0 Å². The van der Waals surface area contributed by atoms with Crippen molar-refractivity contribution in [2.24, 2.45) is 0 Å². The van der Waals surface area contributed by atoms with E-state index in [2.05, 4.69) is 10.6 Å². The minimum Gasteiger partial charge on any atom is -0.487 e. The molecule has 9 heteroatoms. The van der Waals surface area contributed by atoms with Gasteiger partial charge in [0.15, 0.2) is 5.69 Å². The SMILES string of the molecule is CCNOc1ccc(-c2ccc(OCc3cc(C(F)(F)F)nn3-c3ccccc3Cl)cc2)cc1. The number of hydroxylamine groups is 1. The second-order valence-electron chi connectivity index (χ2n) is 7.32. The summed E-state index contributed by atoms with van der Waals surface area (Å²) in [7, 11) is 0. The second-order valence-corrected chi connectivity index (χ2v) is 7.73. The average molecular weight is 488 g/mol. The Morgan fingerprint density at radius 1 is 0.912 bits per heavy atom. The second kappa shape index (κ2) is 10.2. The average Bonchev–Trinajstić information content (AvgIpc) is 3.27. The summed E-state index contributed by atoms with van der Waals surface area (Å²) in [6.07, 6.45) is -4.59. The van der Waals surface area contributed by atoms with Crippen LogP contribution in [-0.2, 0) is 12.8 Å². The predicted octanol–water partition coefficient (Wildman–Crippen LogP) is 6.69. The first-order valence-electron chi connectivity index (χ1n) is 10.5. The summed E-state index contributed by atoms with van der Waals surface area (Å²) in [6, 6.07) is 22.4. The van der Waals surface area contributed by atoms with Crippen LogP contribution in [0.4, 0.5) is 13.2 Å². The van der Waals surface area contributed by atoms with E-state index in [0.717, 1.165) is 21.9 Å². The summed E-state index contributed by atoms with van der Waals surface area (Å²) in [5, 5.41) is 4.00. The number of ether oxygens (including phenoxy) is 1. The zero-order valence-electron chi connectivity index (χ0n) is 18.1. The van der Waals surface area contributed by atoms with Gasteiger partial charge in [-0.1, -0.05) is 48.0 Å². The Morgan fingerprint density at radius 3 is 2.12 bits per heavy atom. The Balaban J connectivity index is 1.50. The molecule has 0 amide bonds. The Bertz CT molecular complexity index is 1240. The number of alkyl halides is 3. The van der Waals surface area contributed by atoms with Gasteiger partial charge >= 0.3 is 6.18 Å². The number of hydrogen-bond donors (Lipinski definition) is 1. The molecular formula is C25H21ClF3N3O2. The van der Waals surface area contributed by atoms with Crippen molar-refractivity contribution >= 4 is 11.6 Å². The lowest BCUT2D eigenvalue weighted by atomic mass is 10.1. The fourth-order valence-electron chi connectivity index (χ4n) is 3.27. The van der Waals surface area contributed by atoms with E-state index in [1.807, 2.05) is 43.3 Å². The van der Waals surface area contributed by atoms with E-state index < -0.39 is 11.9 Å². The van der Waals surface area contributed by atoms with Gasteiger partial charge in [-0.05, 0) is 60.5 Å². The molecule has 1 N–H and O–H groups in total. The Labute approximate surface area is 199 Å². The minimum atomic E-state index is -4.59. The number of aromatic nitrogens is 2. The van der Waals surface area contributed by atoms with Crippen LogP contribution < -0.4 is 15.1 Å². The van der Waals surface area contributed by atoms with Crippen LogP contribution in [-0.4, -0.2) is 16.3 Å². The monoisotopic (exact) mass is 487 g/mol. The van der Waals surface area contributed by atoms with Gasteiger partial charge in [-0.2, -0.15) is 23.8 Å². The van der Waals surface area contributed by atoms with Gasteiger partial charge in [0, 0.05) is 6.54 Å². The summed E-state index contributed by atoms with van der Waals surface area (Å²) >= 11 is 6.19. The minimum absolute atomic E-state index is 0.121. The summed E-state index contributed by atoms with van der Waals surface area (Å²) in [5.74, 6) is 1.22. The van der Waals surface area contributed by atoms with Gasteiger partial charge in [0.2, 0.25) is 0 Å². The highest BCUT2D eigenvalue weighted by Crippen LogP contribution is 2.31. The topological polar surface area (TPSA) is 48.3 Å². The molecule has 0 atom stereocenters. The van der Waals surface area contributed by atoms with Crippen molar-refractivity contribution in [3.05, 3.63) is 95.3 Å². The summed E-state index contributed by atoms with van der Waals surface area (Å²) in [4.78, 5) is 5.36. The van der Waals surface area contributed by atoms with Gasteiger partial charge in [-0.25, -0.2) is 4.68 Å². The molecule has 0 spiro atoms. The molecule has 1 heterocycles. The van der Waals surface area contributed by atoms with Gasteiger partial charge < -0.3 is 9.57 Å². The maximum absolute atomic E-state index is 13.3. The molecule has 34 heavy (non-hydrogen) atoms. The number of para-hydroxylation sites is 1. The molecule has 0 unspecified atom stereocenters. The van der Waals surface area contributed by atoms with Crippen molar-refractivity contribution in [2.75, 3.05) is 6.54 Å². The van der Waals surface area contributed by atoms with Crippen LogP contribution >= 0.6 is 11.6 Å². The normalized spacial score (nSPS) is 11.4. The third-order valence-electron chi connectivity index (χ3n) is 4.92. The van der Waals surface area contributed by atoms with Gasteiger partial charge in [-0.3, -0.25) is 0 Å². The van der Waals surface area contributed by atoms with Crippen molar-refractivity contribution in [1.82, 2.24) is 15.3 Å². The zero-order valence-corrected chi connectivity index (χ0v) is 18.9. The first-order chi connectivity index (χ1) is 16.3. The first kappa shape index (κ1) is 23.7. The molecule has 3 aromatic carbocycles. The predicted molar refractivity (Wildman–Crippen MR) is 124 cm³/mol. The molecule has 0 saturated carbocycles. The fourth-order valence-corrected chi connectivity index (χ4v) is 3.48. The van der Waals surface area contributed by atoms with E-state index in [1.165, 1.54) is 0 Å². The highest BCUT2D eigenvalue weighted by Gasteiger charge is 2.35. The Hall–Kier alpha value is -3.49. The fraction of sp³-hybridized carbons (Fsp3) is 0.160. The quantitative estimate of drug-likeness (QED) is 0.281. The van der Waals surface area contributed by atoms with Crippen molar-refractivity contribution in [1.29, 1.82) is 0 Å². The Kier molecular flexibility index (Phi) is 7.09. The largest absolute Gasteiger partial charge is 0.487 e. The molecular weight excluding hydrogens is 467 g/mol. The molecule has 1 aromatic heterocycles. The van der Waals surface area contributed by atoms with Crippen molar-refractivity contribution in [3.63, 3.8) is 0 Å². The molecule has 4 rings (SSSR count). The molecule has 0 fully saturated rings. The van der Waals surface area contributed by atoms with Crippen molar-refractivity contribution in [2.45, 2.75) is 19.7 Å². The van der Waals surface area contributed by atoms with E-state index in [0.29, 0.717) is 23.7 Å². The summed E-state index contributed by atoms with van der Waals surface area (Å²) in [6.45, 7) is 2.52. The number of hydrogen-bond acceptors (Lipinski definition) is 4. The molecule has 0 aliphatic rings. The number of rotatable bonds is 8. The molecule has 176 valence electrons. The van der Waals surface area contributed by atoms with E-state index in [1.54, 1.807) is 36.4 Å². The standard InChI is InChI=1S/C25H21ClF3N3O2/c1-2-30-34-21-13-9-18(10-14-21)17-7-11-20(12-8-17)33-16-19-15-24(25(27,28)29)31-32(19)23-6-4-3-5-22(23)26/h3-15,30H,2,16H2,1H3. The lowest BCUT2D eigenvalue weighted by Gasteiger charge is -2.11. The third kappa shape index (κ3) is 5.52. The lowest BCUT2D eigenvalue weighted by molar-refractivity contribution is -0.141. The third-order valence-corrected chi connectivity index (χ3v) is 5.24. The van der Waals surface area contributed by atoms with E-state index >= 15 is 0 Å². The summed E-state index contributed by atoms with van der Waals surface area (Å²) < 4.78 is 46.8. The highest BCUT2D eigenvalue weighted by atomic mass is 35.5. The van der Waals surface area contributed by atoms with Crippen LogP contribution in [0.3, 0.4) is 0 Å². The van der Waals surface area contributed by atoms with Crippen molar-refractivity contribution < 1.29 is 22.7 Å². The molecule has 0 aliphatic heterocycles. The smallest absolute Gasteiger partial charge is 0.435 e. The maximum atomic E-state index is 13.3. The van der Waals surface area contributed by atoms with E-state index in [4.69, 9.17) is 21.2 Å². The van der Waals surface area contributed by atoms with E-state index in [9.17, 15) is 13.2 Å². The lowest BCUT2D eigenvalue weighted by Crippen LogP contribution is -2.16. The summed E-state index contributed by atoms with van der Waals surface area (Å²) in [5.41, 5.74) is 4.30. The zero-order chi connectivity index (χ0) is 24.1. The number of nitrogens with zero attached hydrogens (tertiary/aromatic N) is 2. The molecule has 0 saturated heterocycles. The molecule has 0 aliphatic carbocycles. The van der Waals surface area contributed by atoms with Crippen LogP contribution in [0.2, 0.25) is 5.02 Å². The van der Waals surface area contributed by atoms with Gasteiger partial charge in [0.1, 0.15) is 18.1 Å². The highest BCUT2D eigenvalue weighted by molar-refractivity contribution is 6.32. The maximum Gasteiger partial charge on any atom is 0.435 e. The molecule has 5 nitrogen and oxygen atoms in total. The number of nitrogens with one attached hydrogen (secondary N) is 1. The van der Waals surface area contributed by atoms with Crippen LogP contribution in [0.1, 0.15) is 18.3 Å². The van der Waals surface area contributed by atoms with Crippen LogP contribution in [0.5, 0.6) is 11.5 Å². The first-order valence-corrected chi connectivity index (χ1v) is 10.9. The van der Waals surface area contributed by atoms with Crippen LogP contribution in [0, 0.1) is 0 Å². The molecule has 0 bridgehead atoms. The van der Waals surface area contributed by atoms with Crippen LogP contribution in [0.15, 0.2) is 78.9 Å². The van der Waals surface area contributed by atoms with Gasteiger partial charge in [0.05, 0.1) is 16.4 Å².